The molecule has 22 heavy (non-hydrogen) atoms. The molecule has 1 aliphatic carbocycles. The minimum absolute atomic E-state index is 0. The van der Waals surface area contributed by atoms with Crippen LogP contribution in [0.2, 0.25) is 0 Å². The predicted octanol–water partition coefficient (Wildman–Crippen LogP) is 3.25. The summed E-state index contributed by atoms with van der Waals surface area (Å²) in [5.74, 6) is -0.0998. The molecule has 2 aromatic rings. The minimum Gasteiger partial charge on any atom is -0.327 e. The van der Waals surface area contributed by atoms with E-state index in [-0.39, 0.29) is 24.4 Å². The van der Waals surface area contributed by atoms with Gasteiger partial charge in [-0.05, 0) is 45.2 Å². The second-order valence-corrected chi connectivity index (χ2v) is 6.81. The van der Waals surface area contributed by atoms with Crippen molar-refractivity contribution in [1.29, 1.82) is 0 Å². The minimum atomic E-state index is -0.0998. The first-order valence-electron chi connectivity index (χ1n) is 7.15. The van der Waals surface area contributed by atoms with Crippen molar-refractivity contribution in [3.63, 3.8) is 0 Å². The number of hydrogen-bond donors (Lipinski definition) is 2. The second-order valence-electron chi connectivity index (χ2n) is 5.72. The summed E-state index contributed by atoms with van der Waals surface area (Å²) in [6, 6.07) is 6.07. The normalized spacial score (nSPS) is 16.6. The van der Waals surface area contributed by atoms with Crippen molar-refractivity contribution in [1.82, 2.24) is 4.98 Å². The molecule has 0 spiro atoms. The number of nitrogens with two attached hydrogens (primary N) is 1. The van der Waals surface area contributed by atoms with E-state index < -0.39 is 0 Å². The molecule has 0 radical (unpaired) electrons. The Bertz CT molecular complexity index is 678. The van der Waals surface area contributed by atoms with E-state index in [9.17, 15) is 4.79 Å². The number of aromatic nitrogens is 1. The molecule has 1 aromatic carbocycles. The van der Waals surface area contributed by atoms with Crippen LogP contribution in [-0.4, -0.2) is 16.9 Å². The van der Waals surface area contributed by atoms with E-state index in [1.54, 1.807) is 11.3 Å². The van der Waals surface area contributed by atoms with Crippen LogP contribution in [0.5, 0.6) is 0 Å². The fourth-order valence-corrected chi connectivity index (χ4v) is 3.82. The fraction of sp³-hybridized carbons (Fsp3) is 0.375. The number of nitrogens with one attached hydrogen (secondary N) is 1. The van der Waals surface area contributed by atoms with Crippen LogP contribution in [0.3, 0.4) is 0 Å². The molecule has 1 aromatic heterocycles. The maximum absolute atomic E-state index is 12.3. The summed E-state index contributed by atoms with van der Waals surface area (Å²) >= 11 is 1.55. The third-order valence-corrected chi connectivity index (χ3v) is 4.72. The Kier molecular flexibility index (Phi) is 5.21. The zero-order chi connectivity index (χ0) is 15.0. The third kappa shape index (κ3) is 3.66. The fourth-order valence-electron chi connectivity index (χ4n) is 2.73. The second kappa shape index (κ2) is 6.77. The van der Waals surface area contributed by atoms with E-state index in [0.717, 1.165) is 36.1 Å². The van der Waals surface area contributed by atoms with Gasteiger partial charge in [-0.1, -0.05) is 17.2 Å². The number of fused-ring (bicyclic) bond motifs is 1. The summed E-state index contributed by atoms with van der Waals surface area (Å²) in [6.07, 6.45) is 2.75. The average Bonchev–Trinajstić information content (AvgIpc) is 2.78. The monoisotopic (exact) mass is 337 g/mol. The third-order valence-electron chi connectivity index (χ3n) is 3.68. The van der Waals surface area contributed by atoms with Crippen molar-refractivity contribution >= 4 is 34.8 Å². The molecule has 4 nitrogen and oxygen atoms in total. The van der Waals surface area contributed by atoms with Gasteiger partial charge in [-0.25, -0.2) is 4.98 Å². The maximum Gasteiger partial charge on any atom is 0.257 e. The number of carbonyl (C=O) groups excluding carboxylic acids is 1. The van der Waals surface area contributed by atoms with Gasteiger partial charge in [-0.3, -0.25) is 10.1 Å². The lowest BCUT2D eigenvalue weighted by molar-refractivity contribution is 0.102. The molecule has 3 rings (SSSR count). The number of benzene rings is 1. The van der Waals surface area contributed by atoms with Gasteiger partial charge in [0.15, 0.2) is 5.13 Å². The van der Waals surface area contributed by atoms with Gasteiger partial charge in [0, 0.05) is 16.5 Å². The molecule has 0 bridgehead atoms. The molecule has 0 aliphatic heterocycles. The van der Waals surface area contributed by atoms with Crippen LogP contribution in [0.1, 0.15) is 38.5 Å². The summed E-state index contributed by atoms with van der Waals surface area (Å²) in [5.41, 5.74) is 9.92. The standard InChI is InChI=1S/C16H19N3OS.ClH/c1-9-5-10(2)7-11(6-9)15(20)19-16-18-13-4-3-12(17)8-14(13)21-16;/h5-7,12H,3-4,8,17H2,1-2H3,(H,18,19,20);1H/t12-;/m0./s1. The summed E-state index contributed by atoms with van der Waals surface area (Å²) in [4.78, 5) is 18.1. The zero-order valence-electron chi connectivity index (χ0n) is 12.7. The molecule has 0 fully saturated rings. The number of hydrogen-bond acceptors (Lipinski definition) is 4. The van der Waals surface area contributed by atoms with Gasteiger partial charge in [0.25, 0.3) is 5.91 Å². The summed E-state index contributed by atoms with van der Waals surface area (Å²) in [5, 5.41) is 3.59. The Morgan fingerprint density at radius 2 is 2.00 bits per heavy atom. The maximum atomic E-state index is 12.3. The molecule has 0 saturated carbocycles. The number of thiazole rings is 1. The van der Waals surface area contributed by atoms with E-state index in [1.165, 1.54) is 4.88 Å². The predicted molar refractivity (Wildman–Crippen MR) is 93.2 cm³/mol. The molecule has 1 amide bonds. The zero-order valence-corrected chi connectivity index (χ0v) is 14.3. The van der Waals surface area contributed by atoms with Crippen LogP contribution >= 0.6 is 23.7 Å². The largest absolute Gasteiger partial charge is 0.327 e. The van der Waals surface area contributed by atoms with E-state index in [0.29, 0.717) is 10.7 Å². The molecule has 1 aliphatic rings. The topological polar surface area (TPSA) is 68.0 Å². The summed E-state index contributed by atoms with van der Waals surface area (Å²) in [6.45, 7) is 3.99. The van der Waals surface area contributed by atoms with Crippen molar-refractivity contribution in [2.75, 3.05) is 5.32 Å². The van der Waals surface area contributed by atoms with Gasteiger partial charge >= 0.3 is 0 Å². The van der Waals surface area contributed by atoms with Crippen molar-refractivity contribution in [2.24, 2.45) is 5.73 Å². The van der Waals surface area contributed by atoms with Crippen LogP contribution in [0.25, 0.3) is 0 Å². The molecule has 118 valence electrons. The number of halogens is 1. The van der Waals surface area contributed by atoms with E-state index in [1.807, 2.05) is 26.0 Å². The van der Waals surface area contributed by atoms with Gasteiger partial charge in [0.2, 0.25) is 0 Å². The number of anilines is 1. The molecule has 1 atom stereocenters. The number of amides is 1. The molecule has 6 heteroatoms. The first kappa shape index (κ1) is 16.9. The van der Waals surface area contributed by atoms with Crippen molar-refractivity contribution in [3.8, 4) is 0 Å². The Morgan fingerprint density at radius 3 is 2.68 bits per heavy atom. The van der Waals surface area contributed by atoms with Crippen molar-refractivity contribution in [2.45, 2.75) is 39.2 Å². The lowest BCUT2D eigenvalue weighted by Gasteiger charge is -2.15. The number of nitrogens with zero attached hydrogens (tertiary/aromatic N) is 1. The van der Waals surface area contributed by atoms with Crippen LogP contribution in [0.15, 0.2) is 18.2 Å². The number of rotatable bonds is 2. The molecule has 1 heterocycles. The Labute approximate surface area is 140 Å². The van der Waals surface area contributed by atoms with Crippen LogP contribution in [0.4, 0.5) is 5.13 Å². The van der Waals surface area contributed by atoms with Crippen LogP contribution < -0.4 is 11.1 Å². The quantitative estimate of drug-likeness (QED) is 0.883. The SMILES string of the molecule is Cc1cc(C)cc(C(=O)Nc2nc3c(s2)C[C@@H](N)CC3)c1.Cl. The van der Waals surface area contributed by atoms with Gasteiger partial charge in [-0.15, -0.1) is 23.7 Å². The summed E-state index contributed by atoms with van der Waals surface area (Å²) < 4.78 is 0. The molecule has 3 N–H and O–H groups in total. The first-order valence-corrected chi connectivity index (χ1v) is 7.97. The Balaban J connectivity index is 0.00000176. The van der Waals surface area contributed by atoms with Gasteiger partial charge in [-0.2, -0.15) is 0 Å². The highest BCUT2D eigenvalue weighted by Gasteiger charge is 2.21. The highest BCUT2D eigenvalue weighted by atomic mass is 35.5. The summed E-state index contributed by atoms with van der Waals surface area (Å²) in [7, 11) is 0. The molecular formula is C16H20ClN3OS. The molecule has 0 saturated heterocycles. The van der Waals surface area contributed by atoms with Gasteiger partial charge in [0.1, 0.15) is 0 Å². The van der Waals surface area contributed by atoms with Gasteiger partial charge in [0.05, 0.1) is 5.69 Å². The Morgan fingerprint density at radius 1 is 1.32 bits per heavy atom. The van der Waals surface area contributed by atoms with Gasteiger partial charge < -0.3 is 5.73 Å². The van der Waals surface area contributed by atoms with E-state index >= 15 is 0 Å². The highest BCUT2D eigenvalue weighted by Crippen LogP contribution is 2.29. The molecule has 0 unspecified atom stereocenters. The number of carbonyl (C=O) groups is 1. The van der Waals surface area contributed by atoms with Crippen molar-refractivity contribution < 1.29 is 4.79 Å². The smallest absolute Gasteiger partial charge is 0.257 e. The lowest BCUT2D eigenvalue weighted by Crippen LogP contribution is -2.27. The molecular weight excluding hydrogens is 318 g/mol. The van der Waals surface area contributed by atoms with Crippen molar-refractivity contribution in [3.05, 3.63) is 45.5 Å². The van der Waals surface area contributed by atoms with E-state index in [4.69, 9.17) is 5.73 Å². The average molecular weight is 338 g/mol. The van der Waals surface area contributed by atoms with Crippen LogP contribution in [-0.2, 0) is 12.8 Å². The van der Waals surface area contributed by atoms with E-state index in [2.05, 4.69) is 16.4 Å². The highest BCUT2D eigenvalue weighted by molar-refractivity contribution is 7.15. The lowest BCUT2D eigenvalue weighted by atomic mass is 9.99. The Hall–Kier alpha value is -1.43. The number of aryl methyl sites for hydroxylation is 3. The van der Waals surface area contributed by atoms with Crippen LogP contribution in [0, 0.1) is 13.8 Å². The first-order chi connectivity index (χ1) is 10.0.